The Kier molecular flexibility index (Phi) is 8.45. The number of ether oxygens (including phenoxy) is 1. The van der Waals surface area contributed by atoms with E-state index in [4.69, 9.17) is 51.1 Å². The first-order valence-corrected chi connectivity index (χ1v) is 7.23. The molecular weight excluding hydrogens is 336 g/mol. The van der Waals surface area contributed by atoms with Gasteiger partial charge in [-0.3, -0.25) is 9.59 Å². The monoisotopic (exact) mass is 351 g/mol. The summed E-state index contributed by atoms with van der Waals surface area (Å²) >= 11 is 23.1. The molecule has 0 fully saturated rings. The second-order valence-electron chi connectivity index (χ2n) is 4.18. The minimum atomic E-state index is -1.58. The first kappa shape index (κ1) is 19.1. The summed E-state index contributed by atoms with van der Waals surface area (Å²) in [4.78, 5) is 24.9. The molecule has 8 heteroatoms. The van der Waals surface area contributed by atoms with Crippen LogP contribution in [0.5, 0.6) is 0 Å². The van der Waals surface area contributed by atoms with Gasteiger partial charge >= 0.3 is 5.97 Å². The lowest BCUT2D eigenvalue weighted by atomic mass is 9.97. The van der Waals surface area contributed by atoms with Gasteiger partial charge in [0.1, 0.15) is 0 Å². The third kappa shape index (κ3) is 8.08. The van der Waals surface area contributed by atoms with Gasteiger partial charge in [0.15, 0.2) is 3.79 Å². The van der Waals surface area contributed by atoms with Crippen LogP contribution >= 0.6 is 46.4 Å². The second kappa shape index (κ2) is 8.40. The van der Waals surface area contributed by atoms with Crippen molar-refractivity contribution in [3.05, 3.63) is 0 Å². The van der Waals surface area contributed by atoms with Crippen LogP contribution in [-0.4, -0.2) is 46.6 Å². The van der Waals surface area contributed by atoms with E-state index >= 15 is 0 Å². The van der Waals surface area contributed by atoms with Crippen LogP contribution in [0.3, 0.4) is 0 Å². The van der Waals surface area contributed by atoms with Crippen LogP contribution in [0.1, 0.15) is 19.8 Å². The summed E-state index contributed by atoms with van der Waals surface area (Å²) in [6, 6.07) is 0. The predicted octanol–water partition coefficient (Wildman–Crippen LogP) is 3.01. The van der Waals surface area contributed by atoms with E-state index in [0.29, 0.717) is 0 Å². The lowest BCUT2D eigenvalue weighted by Gasteiger charge is -2.25. The number of esters is 1. The number of hydrogen-bond acceptors (Lipinski definition) is 3. The second-order valence-corrected chi connectivity index (χ2v) is 7.26. The molecule has 0 aromatic heterocycles. The highest BCUT2D eigenvalue weighted by Crippen LogP contribution is 2.36. The molecule has 0 bridgehead atoms. The molecule has 112 valence electrons. The smallest absolute Gasteiger partial charge is 0.306 e. The molecule has 4 nitrogen and oxygen atoms in total. The Hall–Kier alpha value is 0.1000. The van der Waals surface area contributed by atoms with Crippen LogP contribution < -0.4 is 0 Å². The van der Waals surface area contributed by atoms with Crippen LogP contribution in [0.25, 0.3) is 0 Å². The summed E-state index contributed by atoms with van der Waals surface area (Å²) in [6.07, 6.45) is -0.178. The van der Waals surface area contributed by atoms with Crippen molar-refractivity contribution in [2.75, 3.05) is 20.7 Å². The van der Waals surface area contributed by atoms with E-state index in [2.05, 4.69) is 0 Å². The zero-order valence-electron chi connectivity index (χ0n) is 11.0. The van der Waals surface area contributed by atoms with Gasteiger partial charge < -0.3 is 9.64 Å². The molecule has 0 aromatic rings. The van der Waals surface area contributed by atoms with Crippen molar-refractivity contribution >= 4 is 58.3 Å². The molecule has 0 radical (unpaired) electrons. The van der Waals surface area contributed by atoms with Crippen molar-refractivity contribution in [1.29, 1.82) is 0 Å². The number of rotatable bonds is 6. The molecule has 0 aliphatic heterocycles. The maximum atomic E-state index is 12.0. The van der Waals surface area contributed by atoms with E-state index in [0.717, 1.165) is 0 Å². The number of carbonyl (C=O) groups is 2. The summed E-state index contributed by atoms with van der Waals surface area (Å²) in [5.41, 5.74) is 0. The fraction of sp³-hybridized carbons (Fsp3) is 0.818. The van der Waals surface area contributed by atoms with Crippen LogP contribution in [0.15, 0.2) is 0 Å². The molecule has 0 aromatic carbocycles. The summed E-state index contributed by atoms with van der Waals surface area (Å²) < 4.78 is 3.24. The molecule has 0 rings (SSSR count). The number of amides is 1. The van der Waals surface area contributed by atoms with Crippen molar-refractivity contribution in [3.63, 3.8) is 0 Å². The quantitative estimate of drug-likeness (QED) is 0.545. The number of hydrogen-bond donors (Lipinski definition) is 0. The number of nitrogens with zero attached hydrogens (tertiary/aromatic N) is 1. The Morgan fingerprint density at radius 3 is 2.16 bits per heavy atom. The maximum Gasteiger partial charge on any atom is 0.306 e. The Bertz CT molecular complexity index is 318. The van der Waals surface area contributed by atoms with Crippen LogP contribution in [0.4, 0.5) is 0 Å². The number of halogens is 4. The van der Waals surface area contributed by atoms with Crippen molar-refractivity contribution in [1.82, 2.24) is 4.90 Å². The molecule has 2 unspecified atom stereocenters. The average molecular weight is 353 g/mol. The van der Waals surface area contributed by atoms with Crippen LogP contribution in [0.2, 0.25) is 0 Å². The molecule has 1 amide bonds. The van der Waals surface area contributed by atoms with E-state index in [1.807, 2.05) is 0 Å². The standard InChI is InChI=1S/C11H17Cl4NO3/c1-4-19-9(17)5-7(10(18)16(2)3)8(12)6-11(13,14)15/h7-8H,4-6H2,1-3H3. The highest BCUT2D eigenvalue weighted by atomic mass is 35.6. The van der Waals surface area contributed by atoms with E-state index < -0.39 is 21.1 Å². The lowest BCUT2D eigenvalue weighted by molar-refractivity contribution is -0.148. The highest BCUT2D eigenvalue weighted by Gasteiger charge is 2.35. The Balaban J connectivity index is 4.85. The highest BCUT2D eigenvalue weighted by molar-refractivity contribution is 6.67. The summed E-state index contributed by atoms with van der Waals surface area (Å²) in [5.74, 6) is -1.59. The maximum absolute atomic E-state index is 12.0. The fourth-order valence-corrected chi connectivity index (χ4v) is 2.63. The first-order chi connectivity index (χ1) is 8.58. The molecule has 19 heavy (non-hydrogen) atoms. The molecule has 2 atom stereocenters. The molecule has 0 N–H and O–H groups in total. The zero-order valence-corrected chi connectivity index (χ0v) is 14.0. The average Bonchev–Trinajstić information content (AvgIpc) is 2.22. The lowest BCUT2D eigenvalue weighted by Crippen LogP contribution is -2.38. The fourth-order valence-electron chi connectivity index (χ4n) is 1.46. The number of carbonyl (C=O) groups excluding carboxylic acids is 2. The summed E-state index contributed by atoms with van der Waals surface area (Å²) in [7, 11) is 3.14. The van der Waals surface area contributed by atoms with Gasteiger partial charge in [-0.15, -0.1) is 11.6 Å². The van der Waals surface area contributed by atoms with Crippen molar-refractivity contribution in [3.8, 4) is 0 Å². The minimum absolute atomic E-state index is 0.0388. The van der Waals surface area contributed by atoms with Gasteiger partial charge in [0.05, 0.1) is 18.9 Å². The van der Waals surface area contributed by atoms with Crippen molar-refractivity contribution in [2.24, 2.45) is 5.92 Å². The number of alkyl halides is 4. The van der Waals surface area contributed by atoms with E-state index in [1.165, 1.54) is 4.90 Å². The van der Waals surface area contributed by atoms with Gasteiger partial charge in [-0.05, 0) is 6.92 Å². The van der Waals surface area contributed by atoms with Crippen LogP contribution in [0, 0.1) is 5.92 Å². The van der Waals surface area contributed by atoms with Gasteiger partial charge in [0, 0.05) is 25.9 Å². The van der Waals surface area contributed by atoms with Gasteiger partial charge in [0.2, 0.25) is 5.91 Å². The van der Waals surface area contributed by atoms with E-state index in [-0.39, 0.29) is 25.4 Å². The van der Waals surface area contributed by atoms with Gasteiger partial charge in [-0.25, -0.2) is 0 Å². The molecular formula is C11H17Cl4NO3. The zero-order chi connectivity index (χ0) is 15.2. The topological polar surface area (TPSA) is 46.6 Å². The Morgan fingerprint density at radius 2 is 1.79 bits per heavy atom. The summed E-state index contributed by atoms with van der Waals surface area (Å²) in [6.45, 7) is 1.92. The molecule has 0 saturated carbocycles. The molecule has 0 aliphatic rings. The molecule has 0 aliphatic carbocycles. The third-order valence-electron chi connectivity index (χ3n) is 2.31. The molecule has 0 heterocycles. The third-order valence-corrected chi connectivity index (χ3v) is 3.23. The van der Waals surface area contributed by atoms with E-state index in [9.17, 15) is 9.59 Å². The Labute approximate surface area is 133 Å². The van der Waals surface area contributed by atoms with Gasteiger partial charge in [-0.2, -0.15) is 0 Å². The first-order valence-electron chi connectivity index (χ1n) is 5.66. The Morgan fingerprint density at radius 1 is 1.26 bits per heavy atom. The van der Waals surface area contributed by atoms with Gasteiger partial charge in [0.25, 0.3) is 0 Å². The van der Waals surface area contributed by atoms with Crippen molar-refractivity contribution in [2.45, 2.75) is 28.9 Å². The molecule has 0 saturated heterocycles. The molecule has 0 spiro atoms. The largest absolute Gasteiger partial charge is 0.466 e. The minimum Gasteiger partial charge on any atom is -0.466 e. The predicted molar refractivity (Wildman–Crippen MR) is 78.0 cm³/mol. The van der Waals surface area contributed by atoms with E-state index in [1.54, 1.807) is 21.0 Å². The normalized spacial score (nSPS) is 14.7. The van der Waals surface area contributed by atoms with Gasteiger partial charge in [-0.1, -0.05) is 34.8 Å². The summed E-state index contributed by atoms with van der Waals surface area (Å²) in [5, 5.41) is -0.771. The van der Waals surface area contributed by atoms with Crippen molar-refractivity contribution < 1.29 is 14.3 Å². The van der Waals surface area contributed by atoms with Crippen LogP contribution in [-0.2, 0) is 14.3 Å². The SMILES string of the molecule is CCOC(=O)CC(C(=O)N(C)C)C(Cl)CC(Cl)(Cl)Cl.